The second kappa shape index (κ2) is 9.95. The summed E-state index contributed by atoms with van der Waals surface area (Å²) in [6.07, 6.45) is 0. The van der Waals surface area contributed by atoms with Crippen LogP contribution in [0.25, 0.3) is 16.0 Å². The zero-order chi connectivity index (χ0) is 24.2. The van der Waals surface area contributed by atoms with E-state index in [1.54, 1.807) is 17.6 Å². The number of nitrogens with one attached hydrogen (secondary N) is 1. The lowest BCUT2D eigenvalue weighted by molar-refractivity contribution is 0.0954. The number of thiazole rings is 1. The minimum absolute atomic E-state index is 0.208. The minimum atomic E-state index is -0.208. The summed E-state index contributed by atoms with van der Waals surface area (Å²) in [5, 5.41) is 4.24. The number of carbonyl (C=O) groups excluding carboxylic acids is 1. The molecule has 3 aromatic carbocycles. The molecule has 0 bridgehead atoms. The Hall–Kier alpha value is -4.23. The molecular weight excluding hydrogens is 458 g/mol. The molecular formula is C28H23N3O3S. The Morgan fingerprint density at radius 1 is 0.943 bits per heavy atom. The van der Waals surface area contributed by atoms with Crippen molar-refractivity contribution in [3.05, 3.63) is 123 Å². The van der Waals surface area contributed by atoms with Crippen molar-refractivity contribution in [2.24, 2.45) is 0 Å². The lowest BCUT2D eigenvalue weighted by Gasteiger charge is -2.10. The summed E-state index contributed by atoms with van der Waals surface area (Å²) in [5.41, 5.74) is 3.17. The standard InChI is InChI=1S/C28H23N3O3S/c1-19-26(27(33)29-17-20-8-4-2-5-9-20)35-28(30-19)31-24-14-13-23(16-22(24)12-15-25(31)32)34-18-21-10-6-3-7-11-21/h2-16H,17-18H2,1H3,(H,29,33). The van der Waals surface area contributed by atoms with Crippen molar-refractivity contribution in [2.75, 3.05) is 0 Å². The molecule has 0 saturated heterocycles. The van der Waals surface area contributed by atoms with E-state index in [1.807, 2.05) is 78.9 Å². The molecule has 35 heavy (non-hydrogen) atoms. The number of rotatable bonds is 7. The van der Waals surface area contributed by atoms with E-state index < -0.39 is 0 Å². The highest BCUT2D eigenvalue weighted by molar-refractivity contribution is 7.16. The maximum atomic E-state index is 12.8. The van der Waals surface area contributed by atoms with Gasteiger partial charge in [-0.25, -0.2) is 4.98 Å². The van der Waals surface area contributed by atoms with Crippen LogP contribution in [-0.4, -0.2) is 15.5 Å². The van der Waals surface area contributed by atoms with E-state index in [2.05, 4.69) is 10.3 Å². The second-order valence-electron chi connectivity index (χ2n) is 8.08. The van der Waals surface area contributed by atoms with Crippen LogP contribution in [0.15, 0.2) is 95.8 Å². The summed E-state index contributed by atoms with van der Waals surface area (Å²) >= 11 is 1.21. The summed E-state index contributed by atoms with van der Waals surface area (Å²) in [7, 11) is 0. The average molecular weight is 482 g/mol. The molecule has 174 valence electrons. The molecule has 1 amide bonds. The normalized spacial score (nSPS) is 10.9. The van der Waals surface area contributed by atoms with Gasteiger partial charge in [0.2, 0.25) is 0 Å². The first-order valence-electron chi connectivity index (χ1n) is 11.2. The number of amides is 1. The predicted molar refractivity (Wildman–Crippen MR) is 138 cm³/mol. The van der Waals surface area contributed by atoms with E-state index in [-0.39, 0.29) is 11.5 Å². The van der Waals surface area contributed by atoms with E-state index in [9.17, 15) is 9.59 Å². The molecule has 0 aliphatic carbocycles. The molecule has 2 aromatic heterocycles. The van der Waals surface area contributed by atoms with Crippen molar-refractivity contribution in [1.29, 1.82) is 0 Å². The zero-order valence-corrected chi connectivity index (χ0v) is 19.9. The van der Waals surface area contributed by atoms with Gasteiger partial charge in [0.05, 0.1) is 11.2 Å². The van der Waals surface area contributed by atoms with Crippen molar-refractivity contribution in [2.45, 2.75) is 20.1 Å². The Balaban J connectivity index is 1.40. The number of carbonyl (C=O) groups is 1. The number of benzene rings is 3. The van der Waals surface area contributed by atoms with E-state index in [0.29, 0.717) is 40.1 Å². The van der Waals surface area contributed by atoms with Crippen LogP contribution in [0.3, 0.4) is 0 Å². The Morgan fingerprint density at radius 2 is 1.66 bits per heavy atom. The minimum Gasteiger partial charge on any atom is -0.489 e. The van der Waals surface area contributed by atoms with Crippen LogP contribution in [0.4, 0.5) is 0 Å². The summed E-state index contributed by atoms with van der Waals surface area (Å²) in [6, 6.07) is 28.5. The van der Waals surface area contributed by atoms with Crippen LogP contribution < -0.4 is 15.6 Å². The summed E-state index contributed by atoms with van der Waals surface area (Å²) < 4.78 is 7.48. The third kappa shape index (κ3) is 5.00. The highest BCUT2D eigenvalue weighted by Gasteiger charge is 2.18. The second-order valence-corrected chi connectivity index (χ2v) is 9.06. The monoisotopic (exact) mass is 481 g/mol. The lowest BCUT2D eigenvalue weighted by atomic mass is 10.2. The average Bonchev–Trinajstić information content (AvgIpc) is 3.28. The van der Waals surface area contributed by atoms with Gasteiger partial charge < -0.3 is 10.1 Å². The molecule has 2 heterocycles. The molecule has 0 saturated carbocycles. The van der Waals surface area contributed by atoms with Crippen molar-refractivity contribution < 1.29 is 9.53 Å². The molecule has 0 unspecified atom stereocenters. The maximum Gasteiger partial charge on any atom is 0.263 e. The first-order chi connectivity index (χ1) is 17.1. The van der Waals surface area contributed by atoms with E-state index in [1.165, 1.54) is 17.4 Å². The van der Waals surface area contributed by atoms with Gasteiger partial charge in [-0.3, -0.25) is 14.2 Å². The molecule has 0 atom stereocenters. The number of pyridine rings is 1. The van der Waals surface area contributed by atoms with Gasteiger partial charge in [-0.05, 0) is 42.3 Å². The van der Waals surface area contributed by atoms with Crippen LogP contribution in [0.1, 0.15) is 26.5 Å². The van der Waals surface area contributed by atoms with Crippen molar-refractivity contribution in [3.8, 4) is 10.9 Å². The van der Waals surface area contributed by atoms with Gasteiger partial charge in [-0.15, -0.1) is 0 Å². The van der Waals surface area contributed by atoms with E-state index >= 15 is 0 Å². The molecule has 7 heteroatoms. The van der Waals surface area contributed by atoms with Crippen molar-refractivity contribution in [1.82, 2.24) is 14.9 Å². The molecule has 1 N–H and O–H groups in total. The topological polar surface area (TPSA) is 73.2 Å². The van der Waals surface area contributed by atoms with Gasteiger partial charge in [-0.2, -0.15) is 0 Å². The third-order valence-corrected chi connectivity index (χ3v) is 6.73. The number of hydrogen-bond acceptors (Lipinski definition) is 5. The van der Waals surface area contributed by atoms with Gasteiger partial charge >= 0.3 is 0 Å². The van der Waals surface area contributed by atoms with Crippen LogP contribution in [0.2, 0.25) is 0 Å². The van der Waals surface area contributed by atoms with Crippen LogP contribution in [0, 0.1) is 6.92 Å². The van der Waals surface area contributed by atoms with Crippen molar-refractivity contribution >= 4 is 28.1 Å². The molecule has 0 spiro atoms. The van der Waals surface area contributed by atoms with Gasteiger partial charge in [-0.1, -0.05) is 72.0 Å². The van der Waals surface area contributed by atoms with Gasteiger partial charge in [0, 0.05) is 18.0 Å². The molecule has 6 nitrogen and oxygen atoms in total. The number of aryl methyl sites for hydroxylation is 1. The number of fused-ring (bicyclic) bond motifs is 1. The number of hydrogen-bond donors (Lipinski definition) is 1. The summed E-state index contributed by atoms with van der Waals surface area (Å²) in [6.45, 7) is 2.66. The first kappa shape index (κ1) is 22.6. The highest BCUT2D eigenvalue weighted by Crippen LogP contribution is 2.26. The van der Waals surface area contributed by atoms with Crippen LogP contribution >= 0.6 is 11.3 Å². The summed E-state index contributed by atoms with van der Waals surface area (Å²) in [4.78, 5) is 30.7. The zero-order valence-electron chi connectivity index (χ0n) is 19.1. The van der Waals surface area contributed by atoms with Gasteiger partial charge in [0.1, 0.15) is 17.2 Å². The highest BCUT2D eigenvalue weighted by atomic mass is 32.1. The Kier molecular flexibility index (Phi) is 6.41. The number of ether oxygens (including phenoxy) is 1. The summed E-state index contributed by atoms with van der Waals surface area (Å²) in [5.74, 6) is 0.503. The van der Waals surface area contributed by atoms with Crippen molar-refractivity contribution in [3.63, 3.8) is 0 Å². The largest absolute Gasteiger partial charge is 0.489 e. The molecule has 0 fully saturated rings. The third-order valence-electron chi connectivity index (χ3n) is 5.59. The Morgan fingerprint density at radius 3 is 2.40 bits per heavy atom. The smallest absolute Gasteiger partial charge is 0.263 e. The maximum absolute atomic E-state index is 12.8. The molecule has 0 aliphatic rings. The quantitative estimate of drug-likeness (QED) is 0.344. The number of aromatic nitrogens is 2. The fourth-order valence-corrected chi connectivity index (χ4v) is 4.80. The van der Waals surface area contributed by atoms with Gasteiger partial charge in [0.15, 0.2) is 5.13 Å². The fraction of sp³-hybridized carbons (Fsp3) is 0.107. The van der Waals surface area contributed by atoms with Gasteiger partial charge in [0.25, 0.3) is 11.5 Å². The lowest BCUT2D eigenvalue weighted by Crippen LogP contribution is -2.22. The Labute approximate surface area is 206 Å². The Bertz CT molecular complexity index is 1540. The number of nitrogens with zero attached hydrogens (tertiary/aromatic N) is 2. The SMILES string of the molecule is Cc1nc(-n2c(=O)ccc3cc(OCc4ccccc4)ccc32)sc1C(=O)NCc1ccccc1. The fourth-order valence-electron chi connectivity index (χ4n) is 3.80. The van der Waals surface area contributed by atoms with E-state index in [4.69, 9.17) is 4.74 Å². The van der Waals surface area contributed by atoms with E-state index in [0.717, 1.165) is 16.5 Å². The molecule has 0 aliphatic heterocycles. The first-order valence-corrected chi connectivity index (χ1v) is 12.0. The molecule has 0 radical (unpaired) electrons. The van der Waals surface area contributed by atoms with Crippen LogP contribution in [-0.2, 0) is 13.2 Å². The molecule has 5 aromatic rings. The van der Waals surface area contributed by atoms with Crippen LogP contribution in [0.5, 0.6) is 5.75 Å². The molecule has 5 rings (SSSR count). The predicted octanol–water partition coefficient (Wildman–Crippen LogP) is 5.26.